The van der Waals surface area contributed by atoms with E-state index in [0.717, 1.165) is 22.6 Å². The number of hydrogen-bond donors (Lipinski definition) is 1. The van der Waals surface area contributed by atoms with Crippen molar-refractivity contribution in [1.82, 2.24) is 5.32 Å². The minimum Gasteiger partial charge on any atom is -0.493 e. The van der Waals surface area contributed by atoms with Gasteiger partial charge >= 0.3 is 0 Å². The first kappa shape index (κ1) is 18.8. The Labute approximate surface area is 150 Å². The lowest BCUT2D eigenvalue weighted by Gasteiger charge is -2.21. The van der Waals surface area contributed by atoms with E-state index in [9.17, 15) is 4.79 Å². The van der Waals surface area contributed by atoms with E-state index in [2.05, 4.69) is 5.32 Å². The highest BCUT2D eigenvalue weighted by Crippen LogP contribution is 2.24. The molecule has 2 aromatic carbocycles. The highest BCUT2D eigenvalue weighted by Gasteiger charge is 2.17. The largest absolute Gasteiger partial charge is 0.493 e. The number of carbonyl (C=O) groups excluding carboxylic acids is 1. The molecule has 0 aromatic heterocycles. The quantitative estimate of drug-likeness (QED) is 0.841. The molecular weight excluding hydrogens is 314 g/mol. The van der Waals surface area contributed by atoms with Crippen LogP contribution in [-0.4, -0.2) is 18.1 Å². The van der Waals surface area contributed by atoms with Gasteiger partial charge in [-0.3, -0.25) is 4.79 Å². The first-order valence-corrected chi connectivity index (χ1v) is 8.57. The molecule has 0 aliphatic rings. The number of para-hydroxylation sites is 1. The Bertz CT molecular complexity index is 732. The van der Waals surface area contributed by atoms with Crippen LogP contribution in [0.1, 0.15) is 49.2 Å². The minimum atomic E-state index is -0.284. The number of amides is 1. The molecular formula is C21H27NO3. The Morgan fingerprint density at radius 1 is 1.04 bits per heavy atom. The zero-order valence-corrected chi connectivity index (χ0v) is 15.7. The highest BCUT2D eigenvalue weighted by molar-refractivity contribution is 5.95. The van der Waals surface area contributed by atoms with Crippen molar-refractivity contribution in [3.63, 3.8) is 0 Å². The summed E-state index contributed by atoms with van der Waals surface area (Å²) in [5.41, 5.74) is 2.24. The van der Waals surface area contributed by atoms with Crippen LogP contribution in [0.15, 0.2) is 42.5 Å². The zero-order chi connectivity index (χ0) is 18.4. The van der Waals surface area contributed by atoms with Gasteiger partial charge in [-0.2, -0.15) is 0 Å². The molecule has 0 aliphatic heterocycles. The zero-order valence-electron chi connectivity index (χ0n) is 15.7. The van der Waals surface area contributed by atoms with Gasteiger partial charge in [0.05, 0.1) is 6.61 Å². The number of aryl methyl sites for hydroxylation is 1. The monoisotopic (exact) mass is 341 g/mol. The normalized spacial score (nSPS) is 11.1. The third-order valence-corrected chi connectivity index (χ3v) is 3.59. The summed E-state index contributed by atoms with van der Waals surface area (Å²) in [5, 5.41) is 2.98. The van der Waals surface area contributed by atoms with Crippen LogP contribution in [0.25, 0.3) is 0 Å². The average molecular weight is 341 g/mol. The van der Waals surface area contributed by atoms with E-state index < -0.39 is 0 Å². The lowest BCUT2D eigenvalue weighted by Crippen LogP contribution is -2.40. The number of carbonyl (C=O) groups is 1. The summed E-state index contributed by atoms with van der Waals surface area (Å²) >= 11 is 0. The number of ether oxygens (including phenoxy) is 2. The molecule has 134 valence electrons. The van der Waals surface area contributed by atoms with Crippen LogP contribution in [0, 0.1) is 6.92 Å². The third kappa shape index (κ3) is 5.52. The van der Waals surface area contributed by atoms with Crippen LogP contribution < -0.4 is 14.8 Å². The van der Waals surface area contributed by atoms with E-state index in [1.165, 1.54) is 0 Å². The highest BCUT2D eigenvalue weighted by atomic mass is 16.5. The summed E-state index contributed by atoms with van der Waals surface area (Å²) in [7, 11) is 0. The van der Waals surface area contributed by atoms with Crippen LogP contribution in [-0.2, 0) is 6.61 Å². The third-order valence-electron chi connectivity index (χ3n) is 3.59. The first-order chi connectivity index (χ1) is 11.8. The summed E-state index contributed by atoms with van der Waals surface area (Å²) in [6.45, 7) is 10.7. The molecule has 0 fully saturated rings. The van der Waals surface area contributed by atoms with Gasteiger partial charge in [-0.25, -0.2) is 0 Å². The predicted molar refractivity (Wildman–Crippen MR) is 100 cm³/mol. The van der Waals surface area contributed by atoms with Crippen LogP contribution in [0.3, 0.4) is 0 Å². The number of rotatable bonds is 6. The Morgan fingerprint density at radius 3 is 2.40 bits per heavy atom. The molecule has 0 radical (unpaired) electrons. The van der Waals surface area contributed by atoms with Crippen LogP contribution in [0.5, 0.6) is 11.5 Å². The fraction of sp³-hybridized carbons (Fsp3) is 0.381. The van der Waals surface area contributed by atoms with E-state index in [1.807, 2.05) is 71.0 Å². The van der Waals surface area contributed by atoms with Crippen molar-refractivity contribution < 1.29 is 14.3 Å². The van der Waals surface area contributed by atoms with Crippen molar-refractivity contribution in [2.45, 2.75) is 46.8 Å². The maximum atomic E-state index is 12.4. The van der Waals surface area contributed by atoms with Gasteiger partial charge in [-0.1, -0.05) is 18.2 Å². The number of benzene rings is 2. The van der Waals surface area contributed by atoms with Gasteiger partial charge in [0, 0.05) is 16.7 Å². The van der Waals surface area contributed by atoms with E-state index in [0.29, 0.717) is 18.8 Å². The number of nitrogens with one attached hydrogen (secondary N) is 1. The maximum Gasteiger partial charge on any atom is 0.251 e. The molecule has 0 spiro atoms. The second-order valence-electron chi connectivity index (χ2n) is 7.01. The van der Waals surface area contributed by atoms with Crippen molar-refractivity contribution in [1.29, 1.82) is 0 Å². The molecule has 4 nitrogen and oxygen atoms in total. The molecule has 2 aromatic rings. The molecule has 0 saturated carbocycles. The van der Waals surface area contributed by atoms with Crippen LogP contribution >= 0.6 is 0 Å². The molecule has 2 rings (SSSR count). The summed E-state index contributed by atoms with van der Waals surface area (Å²) in [5.74, 6) is 1.46. The van der Waals surface area contributed by atoms with E-state index in [4.69, 9.17) is 9.47 Å². The van der Waals surface area contributed by atoms with Gasteiger partial charge in [-0.05, 0) is 64.4 Å². The van der Waals surface area contributed by atoms with Crippen molar-refractivity contribution in [3.8, 4) is 11.5 Å². The summed E-state index contributed by atoms with van der Waals surface area (Å²) in [6, 6.07) is 13.3. The maximum absolute atomic E-state index is 12.4. The first-order valence-electron chi connectivity index (χ1n) is 8.57. The molecule has 0 heterocycles. The second kappa shape index (κ2) is 8.06. The molecule has 1 amide bonds. The fourth-order valence-corrected chi connectivity index (χ4v) is 2.42. The SMILES string of the molecule is CCOc1ccc(C(=O)NC(C)(C)C)cc1COc1ccccc1C. The number of hydrogen-bond acceptors (Lipinski definition) is 3. The Morgan fingerprint density at radius 2 is 1.76 bits per heavy atom. The standard InChI is InChI=1S/C21H27NO3/c1-6-24-19-12-11-16(20(23)22-21(3,4)5)13-17(19)14-25-18-10-8-7-9-15(18)2/h7-13H,6,14H2,1-5H3,(H,22,23). The van der Waals surface area contributed by atoms with Gasteiger partial charge in [0.25, 0.3) is 5.91 Å². The van der Waals surface area contributed by atoms with Gasteiger partial charge in [0.15, 0.2) is 0 Å². The molecule has 0 aliphatic carbocycles. The molecule has 25 heavy (non-hydrogen) atoms. The van der Waals surface area contributed by atoms with E-state index >= 15 is 0 Å². The van der Waals surface area contributed by atoms with Crippen molar-refractivity contribution >= 4 is 5.91 Å². The fourth-order valence-electron chi connectivity index (χ4n) is 2.42. The predicted octanol–water partition coefficient (Wildman–Crippen LogP) is 4.50. The van der Waals surface area contributed by atoms with Crippen LogP contribution in [0.2, 0.25) is 0 Å². The van der Waals surface area contributed by atoms with E-state index in [-0.39, 0.29) is 11.4 Å². The summed E-state index contributed by atoms with van der Waals surface area (Å²) in [4.78, 5) is 12.4. The van der Waals surface area contributed by atoms with Crippen molar-refractivity contribution in [2.75, 3.05) is 6.61 Å². The summed E-state index contributed by atoms with van der Waals surface area (Å²) < 4.78 is 11.6. The Balaban J connectivity index is 2.22. The molecule has 1 N–H and O–H groups in total. The minimum absolute atomic E-state index is 0.104. The molecule has 0 saturated heterocycles. The van der Waals surface area contributed by atoms with E-state index in [1.54, 1.807) is 6.07 Å². The Hall–Kier alpha value is -2.49. The average Bonchev–Trinajstić information content (AvgIpc) is 2.54. The van der Waals surface area contributed by atoms with Gasteiger partial charge in [-0.15, -0.1) is 0 Å². The van der Waals surface area contributed by atoms with Crippen LogP contribution in [0.4, 0.5) is 0 Å². The van der Waals surface area contributed by atoms with Gasteiger partial charge in [0.2, 0.25) is 0 Å². The van der Waals surface area contributed by atoms with Crippen molar-refractivity contribution in [2.24, 2.45) is 0 Å². The Kier molecular flexibility index (Phi) is 6.07. The topological polar surface area (TPSA) is 47.6 Å². The molecule has 0 atom stereocenters. The molecule has 0 bridgehead atoms. The van der Waals surface area contributed by atoms with Gasteiger partial charge < -0.3 is 14.8 Å². The summed E-state index contributed by atoms with van der Waals surface area (Å²) in [6.07, 6.45) is 0. The lowest BCUT2D eigenvalue weighted by atomic mass is 10.1. The van der Waals surface area contributed by atoms with Crippen molar-refractivity contribution in [3.05, 3.63) is 59.2 Å². The van der Waals surface area contributed by atoms with Gasteiger partial charge in [0.1, 0.15) is 18.1 Å². The second-order valence-corrected chi connectivity index (χ2v) is 7.01. The lowest BCUT2D eigenvalue weighted by molar-refractivity contribution is 0.0919. The molecule has 0 unspecified atom stereocenters. The smallest absolute Gasteiger partial charge is 0.251 e. The molecule has 4 heteroatoms.